The first-order chi connectivity index (χ1) is 18.3. The number of carboxylic acids is 1. The molecule has 3 rings (SSSR count). The molecular formula is C29H32N4O5. The van der Waals surface area contributed by atoms with E-state index in [9.17, 15) is 19.2 Å². The van der Waals surface area contributed by atoms with Gasteiger partial charge >= 0.3 is 5.97 Å². The molecule has 3 amide bonds. The summed E-state index contributed by atoms with van der Waals surface area (Å²) in [6, 6.07) is 24.5. The molecule has 0 aliphatic rings. The van der Waals surface area contributed by atoms with Crippen molar-refractivity contribution in [3.05, 3.63) is 108 Å². The second-order valence-corrected chi connectivity index (χ2v) is 8.91. The third kappa shape index (κ3) is 9.18. The number of aliphatic carboxylic acids is 1. The van der Waals surface area contributed by atoms with Gasteiger partial charge in [-0.05, 0) is 23.1 Å². The predicted octanol–water partition coefficient (Wildman–Crippen LogP) is 1.21. The zero-order valence-corrected chi connectivity index (χ0v) is 20.9. The minimum atomic E-state index is -1.20. The van der Waals surface area contributed by atoms with Crippen molar-refractivity contribution in [1.82, 2.24) is 16.0 Å². The van der Waals surface area contributed by atoms with E-state index in [1.165, 1.54) is 0 Å². The first-order valence-electron chi connectivity index (χ1n) is 12.3. The van der Waals surface area contributed by atoms with Gasteiger partial charge in [-0.2, -0.15) is 0 Å². The van der Waals surface area contributed by atoms with Crippen LogP contribution in [0.25, 0.3) is 0 Å². The lowest BCUT2D eigenvalue weighted by Crippen LogP contribution is -2.57. The molecule has 38 heavy (non-hydrogen) atoms. The van der Waals surface area contributed by atoms with Crippen LogP contribution in [0.3, 0.4) is 0 Å². The smallest absolute Gasteiger partial charge is 0.322 e. The lowest BCUT2D eigenvalue weighted by Gasteiger charge is -2.24. The Kier molecular flexibility index (Phi) is 10.6. The van der Waals surface area contributed by atoms with Crippen LogP contribution in [-0.2, 0) is 38.4 Å². The fourth-order valence-electron chi connectivity index (χ4n) is 3.92. The Morgan fingerprint density at radius 3 is 1.45 bits per heavy atom. The number of hydrogen-bond donors (Lipinski definition) is 5. The van der Waals surface area contributed by atoms with Crippen molar-refractivity contribution >= 4 is 23.7 Å². The Labute approximate surface area is 221 Å². The number of benzene rings is 3. The molecule has 0 saturated carbocycles. The van der Waals surface area contributed by atoms with E-state index < -0.39 is 48.4 Å². The highest BCUT2D eigenvalue weighted by Gasteiger charge is 2.29. The number of nitrogens with two attached hydrogens (primary N) is 1. The van der Waals surface area contributed by atoms with Gasteiger partial charge in [-0.15, -0.1) is 0 Å². The van der Waals surface area contributed by atoms with Crippen LogP contribution in [0.5, 0.6) is 0 Å². The molecule has 3 atom stereocenters. The predicted molar refractivity (Wildman–Crippen MR) is 143 cm³/mol. The number of carbonyl (C=O) groups is 4. The van der Waals surface area contributed by atoms with E-state index >= 15 is 0 Å². The van der Waals surface area contributed by atoms with Gasteiger partial charge in [-0.25, -0.2) is 0 Å². The van der Waals surface area contributed by atoms with E-state index in [2.05, 4.69) is 16.0 Å². The van der Waals surface area contributed by atoms with Crippen molar-refractivity contribution in [1.29, 1.82) is 0 Å². The summed E-state index contributed by atoms with van der Waals surface area (Å²) in [5, 5.41) is 16.7. The van der Waals surface area contributed by atoms with Gasteiger partial charge in [0.25, 0.3) is 0 Å². The van der Waals surface area contributed by atoms with E-state index in [1.807, 2.05) is 66.7 Å². The van der Waals surface area contributed by atoms with E-state index in [0.717, 1.165) is 16.7 Å². The molecular weight excluding hydrogens is 484 g/mol. The van der Waals surface area contributed by atoms with Crippen LogP contribution < -0.4 is 21.7 Å². The molecule has 3 unspecified atom stereocenters. The van der Waals surface area contributed by atoms with E-state index in [-0.39, 0.29) is 12.8 Å². The zero-order chi connectivity index (χ0) is 27.3. The summed E-state index contributed by atoms with van der Waals surface area (Å²) in [7, 11) is 0. The van der Waals surface area contributed by atoms with Crippen molar-refractivity contribution in [3.63, 3.8) is 0 Å². The molecule has 9 heteroatoms. The van der Waals surface area contributed by atoms with Gasteiger partial charge in [0.15, 0.2) is 0 Å². The van der Waals surface area contributed by atoms with E-state index in [1.54, 1.807) is 24.3 Å². The number of amides is 3. The monoisotopic (exact) mass is 516 g/mol. The van der Waals surface area contributed by atoms with Crippen LogP contribution >= 0.6 is 0 Å². The topological polar surface area (TPSA) is 151 Å². The lowest BCUT2D eigenvalue weighted by molar-refractivity contribution is -0.138. The molecule has 3 aromatic carbocycles. The fraction of sp³-hybridized carbons (Fsp3) is 0.241. The van der Waals surface area contributed by atoms with Crippen LogP contribution in [0.1, 0.15) is 16.7 Å². The number of carbonyl (C=O) groups excluding carboxylic acids is 3. The van der Waals surface area contributed by atoms with Crippen molar-refractivity contribution in [2.75, 3.05) is 6.54 Å². The summed E-state index contributed by atoms with van der Waals surface area (Å²) in [5.74, 6) is -2.93. The second-order valence-electron chi connectivity index (χ2n) is 8.91. The standard InChI is InChI=1S/C29H32N4O5/c30-23(16-20-10-4-1-5-11-20)27(36)32-25(18-22-14-8-3-9-15-22)29(38)33-24(28(37)31-19-26(34)35)17-21-12-6-2-7-13-21/h1-15,23-25H,16-19,30H2,(H,31,37)(H,32,36)(H,33,38)(H,34,35). The van der Waals surface area contributed by atoms with Gasteiger partial charge in [0, 0.05) is 12.8 Å². The highest BCUT2D eigenvalue weighted by molar-refractivity contribution is 5.94. The van der Waals surface area contributed by atoms with Crippen molar-refractivity contribution in [2.45, 2.75) is 37.4 Å². The number of hydrogen-bond acceptors (Lipinski definition) is 5. The molecule has 0 spiro atoms. The first-order valence-corrected chi connectivity index (χ1v) is 12.3. The number of nitrogens with one attached hydrogen (secondary N) is 3. The Balaban J connectivity index is 1.77. The van der Waals surface area contributed by atoms with Gasteiger partial charge in [0.1, 0.15) is 18.6 Å². The summed E-state index contributed by atoms with van der Waals surface area (Å²) in [6.45, 7) is -0.585. The molecule has 198 valence electrons. The molecule has 0 aliphatic heterocycles. The summed E-state index contributed by atoms with van der Waals surface area (Å²) in [6.07, 6.45) is 0.601. The van der Waals surface area contributed by atoms with E-state index in [4.69, 9.17) is 10.8 Å². The van der Waals surface area contributed by atoms with Crippen molar-refractivity contribution in [3.8, 4) is 0 Å². The third-order valence-electron chi connectivity index (χ3n) is 5.88. The van der Waals surface area contributed by atoms with Crippen LogP contribution in [0, 0.1) is 0 Å². The molecule has 0 bridgehead atoms. The van der Waals surface area contributed by atoms with Gasteiger partial charge in [0.2, 0.25) is 17.7 Å². The molecule has 0 aromatic heterocycles. The van der Waals surface area contributed by atoms with Crippen LogP contribution in [0.4, 0.5) is 0 Å². The van der Waals surface area contributed by atoms with Gasteiger partial charge < -0.3 is 26.8 Å². The summed E-state index contributed by atoms with van der Waals surface area (Å²) < 4.78 is 0. The molecule has 0 saturated heterocycles. The Hall–Kier alpha value is -4.50. The maximum atomic E-state index is 13.4. The maximum absolute atomic E-state index is 13.4. The average Bonchev–Trinajstić information content (AvgIpc) is 2.92. The SMILES string of the molecule is NC(Cc1ccccc1)C(=O)NC(Cc1ccccc1)C(=O)NC(Cc1ccccc1)C(=O)NCC(=O)O. The van der Waals surface area contributed by atoms with Crippen LogP contribution in [-0.4, -0.2) is 53.5 Å². The molecule has 0 fully saturated rings. The molecule has 6 N–H and O–H groups in total. The summed E-state index contributed by atoms with van der Waals surface area (Å²) >= 11 is 0. The molecule has 0 radical (unpaired) electrons. The van der Waals surface area contributed by atoms with E-state index in [0.29, 0.717) is 6.42 Å². The van der Waals surface area contributed by atoms with Crippen LogP contribution in [0.15, 0.2) is 91.0 Å². The average molecular weight is 517 g/mol. The summed E-state index contributed by atoms with van der Waals surface area (Å²) in [4.78, 5) is 50.2. The largest absolute Gasteiger partial charge is 0.480 e. The molecule has 9 nitrogen and oxygen atoms in total. The number of rotatable bonds is 13. The minimum absolute atomic E-state index is 0.136. The normalized spacial score (nSPS) is 13.0. The Morgan fingerprint density at radius 2 is 1.00 bits per heavy atom. The molecule has 3 aromatic rings. The zero-order valence-electron chi connectivity index (χ0n) is 20.9. The minimum Gasteiger partial charge on any atom is -0.480 e. The summed E-state index contributed by atoms with van der Waals surface area (Å²) in [5.41, 5.74) is 8.61. The van der Waals surface area contributed by atoms with Crippen molar-refractivity contribution in [2.24, 2.45) is 5.73 Å². The maximum Gasteiger partial charge on any atom is 0.322 e. The number of carboxylic acid groups (broad SMARTS) is 1. The van der Waals surface area contributed by atoms with Crippen molar-refractivity contribution < 1.29 is 24.3 Å². The van der Waals surface area contributed by atoms with Gasteiger partial charge in [0.05, 0.1) is 6.04 Å². The van der Waals surface area contributed by atoms with Crippen LogP contribution in [0.2, 0.25) is 0 Å². The highest BCUT2D eigenvalue weighted by Crippen LogP contribution is 2.08. The second kappa shape index (κ2) is 14.3. The highest BCUT2D eigenvalue weighted by atomic mass is 16.4. The molecule has 0 heterocycles. The first kappa shape index (κ1) is 28.1. The molecule has 0 aliphatic carbocycles. The Morgan fingerprint density at radius 1 is 0.605 bits per heavy atom. The quantitative estimate of drug-likeness (QED) is 0.230. The third-order valence-corrected chi connectivity index (χ3v) is 5.88. The lowest BCUT2D eigenvalue weighted by atomic mass is 10.0. The Bertz CT molecular complexity index is 1210. The fourth-order valence-corrected chi connectivity index (χ4v) is 3.92. The van der Waals surface area contributed by atoms with Gasteiger partial charge in [-0.1, -0.05) is 91.0 Å². The van der Waals surface area contributed by atoms with Gasteiger partial charge in [-0.3, -0.25) is 19.2 Å².